The van der Waals surface area contributed by atoms with Gasteiger partial charge in [-0.05, 0) is 18.2 Å². The van der Waals surface area contributed by atoms with Crippen molar-refractivity contribution in [3.63, 3.8) is 0 Å². The molecule has 0 saturated heterocycles. The van der Waals surface area contributed by atoms with Gasteiger partial charge in [-0.15, -0.1) is 0 Å². The molecule has 0 spiro atoms. The van der Waals surface area contributed by atoms with Crippen molar-refractivity contribution < 1.29 is 12.8 Å². The first-order chi connectivity index (χ1) is 7.79. The average Bonchev–Trinajstić information content (AvgIpc) is 2.16. The third kappa shape index (κ3) is 2.30. The first-order valence-electron chi connectivity index (χ1n) is 4.25. The van der Waals surface area contributed by atoms with E-state index in [1.165, 1.54) is 12.1 Å². The number of benzene rings is 1. The normalized spacial score (nSPS) is 11.9. The number of halogens is 2. The predicted molar refractivity (Wildman–Crippen MR) is 63.9 cm³/mol. The number of fused-ring (bicyclic) bond motifs is 1. The van der Waals surface area contributed by atoms with Gasteiger partial charge in [0, 0.05) is 10.4 Å². The lowest BCUT2D eigenvalue weighted by atomic mass is 10.2. The van der Waals surface area contributed by atoms with Crippen LogP contribution >= 0.6 is 23.2 Å². The molecule has 0 aliphatic rings. The Bertz CT molecular complexity index is 766. The fourth-order valence-corrected chi connectivity index (χ4v) is 2.45. The van der Waals surface area contributed by atoms with Gasteiger partial charge in [-0.3, -0.25) is 0 Å². The van der Waals surface area contributed by atoms with Crippen molar-refractivity contribution in [2.75, 3.05) is 0 Å². The van der Waals surface area contributed by atoms with Crippen LogP contribution in [0.25, 0.3) is 11.0 Å². The van der Waals surface area contributed by atoms with E-state index in [0.29, 0.717) is 0 Å². The smallest absolute Gasteiger partial charge is 0.356 e. The van der Waals surface area contributed by atoms with E-state index in [1.54, 1.807) is 0 Å². The van der Waals surface area contributed by atoms with E-state index < -0.39 is 20.5 Å². The Balaban J connectivity index is 2.96. The van der Waals surface area contributed by atoms with Crippen molar-refractivity contribution in [2.45, 2.75) is 4.90 Å². The molecule has 0 saturated carbocycles. The highest BCUT2D eigenvalue weighted by atomic mass is 35.5. The summed E-state index contributed by atoms with van der Waals surface area (Å²) in [5.41, 5.74) is -1.00. The van der Waals surface area contributed by atoms with Crippen molar-refractivity contribution in [2.24, 2.45) is 5.14 Å². The lowest BCUT2D eigenvalue weighted by Gasteiger charge is -2.02. The number of hydrogen-bond donors (Lipinski definition) is 1. The van der Waals surface area contributed by atoms with E-state index >= 15 is 0 Å². The molecule has 0 aliphatic heterocycles. The van der Waals surface area contributed by atoms with Crippen molar-refractivity contribution in [1.29, 1.82) is 0 Å². The van der Waals surface area contributed by atoms with Crippen LogP contribution in [-0.2, 0) is 10.0 Å². The van der Waals surface area contributed by atoms with Crippen LogP contribution in [0, 0.1) is 0 Å². The first kappa shape index (κ1) is 12.4. The van der Waals surface area contributed by atoms with Gasteiger partial charge < -0.3 is 4.42 Å². The molecule has 0 fully saturated rings. The zero-order chi connectivity index (χ0) is 12.8. The monoisotopic (exact) mass is 293 g/mol. The summed E-state index contributed by atoms with van der Waals surface area (Å²) in [6.45, 7) is 0. The maximum absolute atomic E-state index is 11.4. The molecule has 8 heteroatoms. The quantitative estimate of drug-likeness (QED) is 0.811. The van der Waals surface area contributed by atoms with Gasteiger partial charge in [-0.25, -0.2) is 18.4 Å². The first-order valence-corrected chi connectivity index (χ1v) is 6.55. The molecule has 2 rings (SSSR count). The molecule has 5 nitrogen and oxygen atoms in total. The van der Waals surface area contributed by atoms with Crippen molar-refractivity contribution in [3.05, 3.63) is 38.7 Å². The van der Waals surface area contributed by atoms with E-state index in [2.05, 4.69) is 0 Å². The van der Waals surface area contributed by atoms with E-state index in [1.807, 2.05) is 0 Å². The van der Waals surface area contributed by atoms with Crippen LogP contribution in [0.15, 0.2) is 32.3 Å². The van der Waals surface area contributed by atoms with Crippen LogP contribution in [0.4, 0.5) is 0 Å². The Morgan fingerprint density at radius 2 is 1.82 bits per heavy atom. The minimum absolute atomic E-state index is 0.0634. The van der Waals surface area contributed by atoms with E-state index in [9.17, 15) is 13.2 Å². The third-order valence-corrected chi connectivity index (χ3v) is 3.42. The van der Waals surface area contributed by atoms with Crippen LogP contribution in [0.3, 0.4) is 0 Å². The van der Waals surface area contributed by atoms with Crippen LogP contribution in [0.1, 0.15) is 0 Å². The van der Waals surface area contributed by atoms with Gasteiger partial charge in [0.1, 0.15) is 0 Å². The second kappa shape index (κ2) is 3.99. The molecule has 17 heavy (non-hydrogen) atoms. The summed E-state index contributed by atoms with van der Waals surface area (Å²) in [5, 5.41) is 5.56. The highest BCUT2D eigenvalue weighted by Crippen LogP contribution is 2.27. The summed E-state index contributed by atoms with van der Waals surface area (Å²) < 4.78 is 27.0. The zero-order valence-corrected chi connectivity index (χ0v) is 10.4. The summed E-state index contributed by atoms with van der Waals surface area (Å²) >= 11 is 11.5. The van der Waals surface area contributed by atoms with Gasteiger partial charge >= 0.3 is 5.63 Å². The molecular formula is C9H5Cl2NO4S. The number of rotatable bonds is 1. The maximum Gasteiger partial charge on any atom is 0.356 e. The third-order valence-electron chi connectivity index (χ3n) is 2.03. The molecular weight excluding hydrogens is 289 g/mol. The highest BCUT2D eigenvalue weighted by molar-refractivity contribution is 7.89. The van der Waals surface area contributed by atoms with Crippen molar-refractivity contribution in [3.8, 4) is 0 Å². The Kier molecular flexibility index (Phi) is 2.90. The topological polar surface area (TPSA) is 90.4 Å². The Hall–Kier alpha value is -1.08. The van der Waals surface area contributed by atoms with Gasteiger partial charge in [0.25, 0.3) is 0 Å². The van der Waals surface area contributed by atoms with E-state index in [4.69, 9.17) is 32.8 Å². The SMILES string of the molecule is NS(=O)(=O)c1cc2cc(Cl)cc(Cl)c2oc1=O. The zero-order valence-electron chi connectivity index (χ0n) is 8.11. The van der Waals surface area contributed by atoms with E-state index in [-0.39, 0.29) is 21.0 Å². The molecule has 0 unspecified atom stereocenters. The minimum Gasteiger partial charge on any atom is -0.420 e. The molecule has 2 N–H and O–H groups in total. The van der Waals surface area contributed by atoms with Gasteiger partial charge in [0.05, 0.1) is 5.02 Å². The van der Waals surface area contributed by atoms with Crippen LogP contribution in [0.5, 0.6) is 0 Å². The molecule has 0 aliphatic carbocycles. The second-order valence-corrected chi connectivity index (χ2v) is 5.62. The molecule has 0 radical (unpaired) electrons. The Morgan fingerprint density at radius 3 is 2.41 bits per heavy atom. The number of nitrogens with two attached hydrogens (primary N) is 1. The summed E-state index contributed by atoms with van der Waals surface area (Å²) in [6.07, 6.45) is 0. The molecule has 1 heterocycles. The van der Waals surface area contributed by atoms with Gasteiger partial charge in [0.15, 0.2) is 10.5 Å². The fraction of sp³-hybridized carbons (Fsp3) is 0. The fourth-order valence-electron chi connectivity index (χ4n) is 1.34. The van der Waals surface area contributed by atoms with Gasteiger partial charge in [-0.1, -0.05) is 23.2 Å². The molecule has 0 atom stereocenters. The molecule has 0 amide bonds. The van der Waals surface area contributed by atoms with Crippen LogP contribution < -0.4 is 10.8 Å². The van der Waals surface area contributed by atoms with Crippen LogP contribution in [-0.4, -0.2) is 8.42 Å². The second-order valence-electron chi connectivity index (χ2n) is 3.25. The van der Waals surface area contributed by atoms with Crippen LogP contribution in [0.2, 0.25) is 10.0 Å². The summed E-state index contributed by atoms with van der Waals surface area (Å²) in [7, 11) is -4.14. The van der Waals surface area contributed by atoms with E-state index in [0.717, 1.165) is 6.07 Å². The largest absolute Gasteiger partial charge is 0.420 e. The van der Waals surface area contributed by atoms with Crippen molar-refractivity contribution in [1.82, 2.24) is 0 Å². The number of sulfonamides is 1. The lowest BCUT2D eigenvalue weighted by molar-refractivity contribution is 0.533. The minimum atomic E-state index is -4.14. The summed E-state index contributed by atoms with van der Waals surface area (Å²) in [6, 6.07) is 3.87. The molecule has 1 aromatic carbocycles. The van der Waals surface area contributed by atoms with Crippen molar-refractivity contribution >= 4 is 44.2 Å². The molecule has 0 bridgehead atoms. The maximum atomic E-state index is 11.4. The molecule has 2 aromatic rings. The number of primary sulfonamides is 1. The molecule has 90 valence electrons. The lowest BCUT2D eigenvalue weighted by Crippen LogP contribution is -2.20. The Labute approximate surface area is 106 Å². The standard InChI is InChI=1S/C9H5Cl2NO4S/c10-5-1-4-2-7(17(12,14)15)9(13)16-8(4)6(11)3-5/h1-3H,(H2,12,14,15). The highest BCUT2D eigenvalue weighted by Gasteiger charge is 2.17. The summed E-state index contributed by atoms with van der Waals surface area (Å²) in [5.74, 6) is 0. The number of hydrogen-bond acceptors (Lipinski definition) is 4. The van der Waals surface area contributed by atoms with Gasteiger partial charge in [0.2, 0.25) is 10.0 Å². The predicted octanol–water partition coefficient (Wildman–Crippen LogP) is 1.75. The molecule has 1 aromatic heterocycles. The van der Waals surface area contributed by atoms with Gasteiger partial charge in [-0.2, -0.15) is 0 Å². The Morgan fingerprint density at radius 1 is 1.18 bits per heavy atom. The average molecular weight is 294 g/mol. The summed E-state index contributed by atoms with van der Waals surface area (Å²) in [4.78, 5) is 10.8.